The fourth-order valence-corrected chi connectivity index (χ4v) is 3.63. The van der Waals surface area contributed by atoms with E-state index in [9.17, 15) is 9.59 Å². The first-order valence-electron chi connectivity index (χ1n) is 9.97. The molecule has 154 valence electrons. The number of hydrogen-bond acceptors (Lipinski definition) is 4. The van der Waals surface area contributed by atoms with Crippen LogP contribution in [-0.2, 0) is 4.79 Å². The topological polar surface area (TPSA) is 59.1 Å². The van der Waals surface area contributed by atoms with Crippen LogP contribution in [0.3, 0.4) is 0 Å². The summed E-state index contributed by atoms with van der Waals surface area (Å²) in [4.78, 5) is 28.8. The Morgan fingerprint density at radius 1 is 0.833 bits per heavy atom. The molecular weight excluding hydrogens is 380 g/mol. The summed E-state index contributed by atoms with van der Waals surface area (Å²) in [6, 6.07) is 20.8. The second-order valence-electron chi connectivity index (χ2n) is 7.17. The predicted molar refractivity (Wildman–Crippen MR) is 115 cm³/mol. The highest BCUT2D eigenvalue weighted by Crippen LogP contribution is 2.25. The van der Waals surface area contributed by atoms with Crippen molar-refractivity contribution in [2.24, 2.45) is 0 Å². The van der Waals surface area contributed by atoms with E-state index in [2.05, 4.69) is 0 Å². The highest BCUT2D eigenvalue weighted by atomic mass is 16.5. The van der Waals surface area contributed by atoms with Gasteiger partial charge in [0.25, 0.3) is 11.8 Å². The van der Waals surface area contributed by atoms with Gasteiger partial charge in [-0.25, -0.2) is 0 Å². The van der Waals surface area contributed by atoms with E-state index in [1.807, 2.05) is 42.5 Å². The van der Waals surface area contributed by atoms with E-state index in [0.29, 0.717) is 43.2 Å². The number of hydrogen-bond donors (Lipinski definition) is 0. The van der Waals surface area contributed by atoms with Gasteiger partial charge in [0, 0.05) is 37.1 Å². The SMILES string of the molecule is COc1ccc(C(=O)N2CCN(C(=O)COc3cccc4ccccc34)CC2)cc1. The van der Waals surface area contributed by atoms with Crippen molar-refractivity contribution in [3.8, 4) is 11.5 Å². The first-order chi connectivity index (χ1) is 14.7. The van der Waals surface area contributed by atoms with Gasteiger partial charge in [0.1, 0.15) is 11.5 Å². The molecule has 1 fully saturated rings. The average molecular weight is 404 g/mol. The van der Waals surface area contributed by atoms with Crippen LogP contribution in [-0.4, -0.2) is 61.5 Å². The Labute approximate surface area is 175 Å². The lowest BCUT2D eigenvalue weighted by Gasteiger charge is -2.34. The zero-order valence-corrected chi connectivity index (χ0v) is 16.9. The van der Waals surface area contributed by atoms with Crippen molar-refractivity contribution < 1.29 is 19.1 Å². The quantitative estimate of drug-likeness (QED) is 0.655. The summed E-state index contributed by atoms with van der Waals surface area (Å²) in [5.74, 6) is 1.32. The molecule has 1 heterocycles. The van der Waals surface area contributed by atoms with Crippen LogP contribution in [0.25, 0.3) is 10.8 Å². The smallest absolute Gasteiger partial charge is 0.260 e. The molecule has 0 N–H and O–H groups in total. The summed E-state index contributed by atoms with van der Waals surface area (Å²) in [5.41, 5.74) is 0.620. The number of fused-ring (bicyclic) bond motifs is 1. The fraction of sp³-hybridized carbons (Fsp3) is 0.250. The third kappa shape index (κ3) is 4.22. The molecule has 3 aromatic carbocycles. The zero-order chi connectivity index (χ0) is 20.9. The summed E-state index contributed by atoms with van der Waals surface area (Å²) < 4.78 is 10.9. The number of carbonyl (C=O) groups excluding carboxylic acids is 2. The van der Waals surface area contributed by atoms with Crippen molar-refractivity contribution in [2.45, 2.75) is 0 Å². The van der Waals surface area contributed by atoms with Gasteiger partial charge in [0.2, 0.25) is 0 Å². The molecular formula is C24H24N2O4. The van der Waals surface area contributed by atoms with E-state index < -0.39 is 0 Å². The third-order valence-electron chi connectivity index (χ3n) is 5.36. The van der Waals surface area contributed by atoms with Crippen LogP contribution in [0, 0.1) is 0 Å². The van der Waals surface area contributed by atoms with Crippen LogP contribution in [0.5, 0.6) is 11.5 Å². The van der Waals surface area contributed by atoms with E-state index in [4.69, 9.17) is 9.47 Å². The standard InChI is InChI=1S/C24H24N2O4/c1-29-20-11-9-19(10-12-20)24(28)26-15-13-25(14-16-26)23(27)17-30-22-8-4-6-18-5-2-3-7-21(18)22/h2-12H,13-17H2,1H3. The summed E-state index contributed by atoms with van der Waals surface area (Å²) in [7, 11) is 1.59. The van der Waals surface area contributed by atoms with Gasteiger partial charge in [-0.05, 0) is 35.7 Å². The van der Waals surface area contributed by atoms with Crippen molar-refractivity contribution in [1.29, 1.82) is 0 Å². The Bertz CT molecular complexity index is 1040. The van der Waals surface area contributed by atoms with Crippen LogP contribution in [0.15, 0.2) is 66.7 Å². The highest BCUT2D eigenvalue weighted by Gasteiger charge is 2.25. The molecule has 0 bridgehead atoms. The molecule has 6 heteroatoms. The van der Waals surface area contributed by atoms with Gasteiger partial charge < -0.3 is 19.3 Å². The lowest BCUT2D eigenvalue weighted by atomic mass is 10.1. The van der Waals surface area contributed by atoms with E-state index in [1.54, 1.807) is 41.2 Å². The highest BCUT2D eigenvalue weighted by molar-refractivity contribution is 5.94. The van der Waals surface area contributed by atoms with Crippen LogP contribution < -0.4 is 9.47 Å². The number of carbonyl (C=O) groups is 2. The number of benzene rings is 3. The molecule has 0 spiro atoms. The van der Waals surface area contributed by atoms with Crippen molar-refractivity contribution in [3.63, 3.8) is 0 Å². The second kappa shape index (κ2) is 8.86. The van der Waals surface area contributed by atoms with E-state index in [-0.39, 0.29) is 18.4 Å². The van der Waals surface area contributed by atoms with E-state index in [0.717, 1.165) is 10.8 Å². The average Bonchev–Trinajstić information content (AvgIpc) is 2.82. The molecule has 0 unspecified atom stereocenters. The summed E-state index contributed by atoms with van der Waals surface area (Å²) >= 11 is 0. The maximum Gasteiger partial charge on any atom is 0.260 e. The van der Waals surface area contributed by atoms with Gasteiger partial charge in [-0.1, -0.05) is 36.4 Å². The zero-order valence-electron chi connectivity index (χ0n) is 16.9. The minimum absolute atomic E-state index is 0.0135. The third-order valence-corrected chi connectivity index (χ3v) is 5.36. The lowest BCUT2D eigenvalue weighted by Crippen LogP contribution is -2.51. The summed E-state index contributed by atoms with van der Waals surface area (Å²) in [6.07, 6.45) is 0. The molecule has 0 saturated carbocycles. The lowest BCUT2D eigenvalue weighted by molar-refractivity contribution is -0.134. The Kier molecular flexibility index (Phi) is 5.84. The Hall–Kier alpha value is -3.54. The molecule has 6 nitrogen and oxygen atoms in total. The maximum atomic E-state index is 12.7. The number of ether oxygens (including phenoxy) is 2. The summed E-state index contributed by atoms with van der Waals surface area (Å²) in [5, 5.41) is 2.07. The Morgan fingerprint density at radius 2 is 1.50 bits per heavy atom. The number of amides is 2. The largest absolute Gasteiger partial charge is 0.497 e. The molecule has 1 aliphatic heterocycles. The normalized spacial score (nSPS) is 13.9. The monoisotopic (exact) mass is 404 g/mol. The predicted octanol–water partition coefficient (Wildman–Crippen LogP) is 3.21. The van der Waals surface area contributed by atoms with E-state index in [1.165, 1.54) is 0 Å². The van der Waals surface area contributed by atoms with Crippen molar-refractivity contribution in [3.05, 3.63) is 72.3 Å². The van der Waals surface area contributed by atoms with Crippen molar-refractivity contribution in [2.75, 3.05) is 39.9 Å². The van der Waals surface area contributed by atoms with Gasteiger partial charge in [-0.15, -0.1) is 0 Å². The van der Waals surface area contributed by atoms with Crippen LogP contribution in [0.1, 0.15) is 10.4 Å². The van der Waals surface area contributed by atoms with Gasteiger partial charge in [-0.3, -0.25) is 9.59 Å². The number of rotatable bonds is 5. The van der Waals surface area contributed by atoms with Gasteiger partial charge in [0.05, 0.1) is 7.11 Å². The molecule has 0 aliphatic carbocycles. The first kappa shape index (κ1) is 19.8. The van der Waals surface area contributed by atoms with Crippen LogP contribution >= 0.6 is 0 Å². The molecule has 0 aromatic heterocycles. The van der Waals surface area contributed by atoms with Crippen molar-refractivity contribution >= 4 is 22.6 Å². The maximum absolute atomic E-state index is 12.7. The number of piperazine rings is 1. The summed E-state index contributed by atoms with van der Waals surface area (Å²) in [6.45, 7) is 2.00. The molecule has 4 rings (SSSR count). The minimum atomic E-state index is -0.0699. The molecule has 0 atom stereocenters. The van der Waals surface area contributed by atoms with Gasteiger partial charge >= 0.3 is 0 Å². The van der Waals surface area contributed by atoms with Crippen LogP contribution in [0.2, 0.25) is 0 Å². The van der Waals surface area contributed by atoms with Gasteiger partial charge in [0.15, 0.2) is 6.61 Å². The fourth-order valence-electron chi connectivity index (χ4n) is 3.63. The molecule has 3 aromatic rings. The minimum Gasteiger partial charge on any atom is -0.497 e. The number of nitrogens with zero attached hydrogens (tertiary/aromatic N) is 2. The Morgan fingerprint density at radius 3 is 2.23 bits per heavy atom. The molecule has 1 aliphatic rings. The Balaban J connectivity index is 1.31. The van der Waals surface area contributed by atoms with Gasteiger partial charge in [-0.2, -0.15) is 0 Å². The first-order valence-corrected chi connectivity index (χ1v) is 9.97. The molecule has 0 radical (unpaired) electrons. The van der Waals surface area contributed by atoms with Crippen LogP contribution in [0.4, 0.5) is 0 Å². The molecule has 1 saturated heterocycles. The second-order valence-corrected chi connectivity index (χ2v) is 7.17. The molecule has 30 heavy (non-hydrogen) atoms. The molecule has 2 amide bonds. The number of methoxy groups -OCH3 is 1. The van der Waals surface area contributed by atoms with Crippen molar-refractivity contribution in [1.82, 2.24) is 9.80 Å². The van der Waals surface area contributed by atoms with E-state index >= 15 is 0 Å².